The Balaban J connectivity index is 1.62. The van der Waals surface area contributed by atoms with Crippen LogP contribution in [0.1, 0.15) is 56.2 Å². The van der Waals surface area contributed by atoms with Gasteiger partial charge in [-0.15, -0.1) is 0 Å². The van der Waals surface area contributed by atoms with Crippen LogP contribution >= 0.6 is 0 Å². The second kappa shape index (κ2) is 13.6. The van der Waals surface area contributed by atoms with Gasteiger partial charge in [-0.1, -0.05) is 49.6 Å². The highest BCUT2D eigenvalue weighted by atomic mass is 19.1. The molecule has 2 aromatic rings. The maximum Gasteiger partial charge on any atom is 0.409 e. The molecule has 0 bridgehead atoms. The molecular formula is C30H39FN4O4. The van der Waals surface area contributed by atoms with Crippen molar-refractivity contribution in [1.29, 1.82) is 0 Å². The summed E-state index contributed by atoms with van der Waals surface area (Å²) in [6.45, 7) is 5.89. The maximum absolute atomic E-state index is 14.5. The van der Waals surface area contributed by atoms with Crippen LogP contribution in [0.5, 0.6) is 0 Å². The molecule has 8 nitrogen and oxygen atoms in total. The Morgan fingerprint density at radius 1 is 1.03 bits per heavy atom. The van der Waals surface area contributed by atoms with Crippen molar-refractivity contribution in [1.82, 2.24) is 15.1 Å². The Kier molecular flexibility index (Phi) is 9.92. The van der Waals surface area contributed by atoms with Gasteiger partial charge in [-0.25, -0.2) is 9.18 Å². The van der Waals surface area contributed by atoms with E-state index in [0.717, 1.165) is 37.7 Å². The second-order valence-corrected chi connectivity index (χ2v) is 10.3. The van der Waals surface area contributed by atoms with Crippen LogP contribution in [-0.2, 0) is 14.3 Å². The summed E-state index contributed by atoms with van der Waals surface area (Å²) < 4.78 is 19.6. The number of piperazine rings is 1. The summed E-state index contributed by atoms with van der Waals surface area (Å²) in [5, 5.41) is 3.20. The summed E-state index contributed by atoms with van der Waals surface area (Å²) in [4.78, 5) is 45.1. The standard InChI is InChI=1S/C30H39FN4O4/c1-3-39-30(38)34-18-16-33(17-19-34)21-27(36)35(25-14-9-11-23(31)20-25)28(26-15-8-7-10-22(26)2)29(37)32-24-12-5-4-6-13-24/h7-11,14-15,20,24,28H,3-6,12-13,16-19,21H2,1-2H3,(H,32,37). The third kappa shape index (κ3) is 7.35. The lowest BCUT2D eigenvalue weighted by Gasteiger charge is -2.37. The van der Waals surface area contributed by atoms with Crippen molar-refractivity contribution in [2.45, 2.75) is 58.0 Å². The van der Waals surface area contributed by atoms with Crippen LogP contribution in [0.25, 0.3) is 0 Å². The molecule has 0 aromatic heterocycles. The van der Waals surface area contributed by atoms with E-state index in [1.165, 1.54) is 17.0 Å². The maximum atomic E-state index is 14.5. The summed E-state index contributed by atoms with van der Waals surface area (Å²) in [6.07, 6.45) is 4.74. The second-order valence-electron chi connectivity index (χ2n) is 10.3. The zero-order valence-corrected chi connectivity index (χ0v) is 22.9. The van der Waals surface area contributed by atoms with Gasteiger partial charge in [0.05, 0.1) is 13.2 Å². The minimum atomic E-state index is -0.955. The highest BCUT2D eigenvalue weighted by molar-refractivity contribution is 6.02. The molecule has 1 N–H and O–H groups in total. The van der Waals surface area contributed by atoms with Crippen molar-refractivity contribution in [3.05, 3.63) is 65.5 Å². The number of benzene rings is 2. The highest BCUT2D eigenvalue weighted by Gasteiger charge is 2.36. The number of hydrogen-bond acceptors (Lipinski definition) is 5. The SMILES string of the molecule is CCOC(=O)N1CCN(CC(=O)N(c2cccc(F)c2)C(C(=O)NC2CCCCC2)c2ccccc2C)CC1. The molecule has 210 valence electrons. The number of carbonyl (C=O) groups is 3. The zero-order valence-electron chi connectivity index (χ0n) is 22.9. The van der Waals surface area contributed by atoms with E-state index in [0.29, 0.717) is 44.0 Å². The van der Waals surface area contributed by atoms with Crippen LogP contribution in [0.4, 0.5) is 14.9 Å². The number of carbonyl (C=O) groups excluding carboxylic acids is 3. The lowest BCUT2D eigenvalue weighted by atomic mass is 9.93. The highest BCUT2D eigenvalue weighted by Crippen LogP contribution is 2.31. The Morgan fingerprint density at radius 3 is 2.41 bits per heavy atom. The van der Waals surface area contributed by atoms with E-state index in [-0.39, 0.29) is 30.5 Å². The lowest BCUT2D eigenvalue weighted by molar-refractivity contribution is -0.127. The molecule has 2 fully saturated rings. The van der Waals surface area contributed by atoms with Crippen LogP contribution < -0.4 is 10.2 Å². The number of anilines is 1. The first-order valence-electron chi connectivity index (χ1n) is 13.9. The van der Waals surface area contributed by atoms with Crippen molar-refractivity contribution in [2.24, 2.45) is 0 Å². The number of ether oxygens (including phenoxy) is 1. The number of amides is 3. The Bertz CT molecular complexity index is 1150. The zero-order chi connectivity index (χ0) is 27.8. The van der Waals surface area contributed by atoms with Crippen molar-refractivity contribution >= 4 is 23.6 Å². The Morgan fingerprint density at radius 2 is 1.74 bits per heavy atom. The van der Waals surface area contributed by atoms with Gasteiger partial charge >= 0.3 is 6.09 Å². The van der Waals surface area contributed by atoms with Crippen molar-refractivity contribution in [3.8, 4) is 0 Å². The largest absolute Gasteiger partial charge is 0.450 e. The van der Waals surface area contributed by atoms with Gasteiger partial charge in [0.15, 0.2) is 0 Å². The first-order chi connectivity index (χ1) is 18.9. The van der Waals surface area contributed by atoms with Crippen molar-refractivity contribution in [2.75, 3.05) is 44.2 Å². The van der Waals surface area contributed by atoms with E-state index >= 15 is 0 Å². The van der Waals surface area contributed by atoms with Gasteiger partial charge in [0, 0.05) is 37.9 Å². The third-order valence-corrected chi connectivity index (χ3v) is 7.55. The summed E-state index contributed by atoms with van der Waals surface area (Å²) in [7, 11) is 0. The molecule has 2 aromatic carbocycles. The summed E-state index contributed by atoms with van der Waals surface area (Å²) in [5.74, 6) is -1.05. The fourth-order valence-corrected chi connectivity index (χ4v) is 5.45. The van der Waals surface area contributed by atoms with Gasteiger partial charge in [0.1, 0.15) is 11.9 Å². The van der Waals surface area contributed by atoms with Crippen LogP contribution in [0.2, 0.25) is 0 Å². The Hall–Kier alpha value is -3.46. The topological polar surface area (TPSA) is 82.2 Å². The van der Waals surface area contributed by atoms with E-state index in [4.69, 9.17) is 4.74 Å². The predicted molar refractivity (Wildman–Crippen MR) is 148 cm³/mol. The molecule has 39 heavy (non-hydrogen) atoms. The molecule has 4 rings (SSSR count). The third-order valence-electron chi connectivity index (χ3n) is 7.55. The molecular weight excluding hydrogens is 499 g/mol. The fourth-order valence-electron chi connectivity index (χ4n) is 5.45. The number of aryl methyl sites for hydroxylation is 1. The van der Waals surface area contributed by atoms with E-state index < -0.39 is 11.9 Å². The van der Waals surface area contributed by atoms with E-state index in [9.17, 15) is 18.8 Å². The van der Waals surface area contributed by atoms with Gasteiger partial charge in [0.25, 0.3) is 0 Å². The van der Waals surface area contributed by atoms with Crippen molar-refractivity contribution in [3.63, 3.8) is 0 Å². The minimum absolute atomic E-state index is 0.0340. The summed E-state index contributed by atoms with van der Waals surface area (Å²) >= 11 is 0. The molecule has 1 saturated heterocycles. The number of hydrogen-bond donors (Lipinski definition) is 1. The number of nitrogens with zero attached hydrogens (tertiary/aromatic N) is 3. The molecule has 2 aliphatic rings. The number of rotatable bonds is 8. The average molecular weight is 539 g/mol. The van der Waals surface area contributed by atoms with E-state index in [1.54, 1.807) is 24.0 Å². The van der Waals surface area contributed by atoms with Crippen LogP contribution in [0.15, 0.2) is 48.5 Å². The molecule has 3 amide bonds. The average Bonchev–Trinajstić information content (AvgIpc) is 2.93. The van der Waals surface area contributed by atoms with E-state index in [1.807, 2.05) is 36.1 Å². The van der Waals surface area contributed by atoms with Crippen LogP contribution in [0, 0.1) is 12.7 Å². The van der Waals surface area contributed by atoms with Gasteiger partial charge in [-0.2, -0.15) is 0 Å². The van der Waals surface area contributed by atoms with Crippen molar-refractivity contribution < 1.29 is 23.5 Å². The van der Waals surface area contributed by atoms with Crippen LogP contribution in [0.3, 0.4) is 0 Å². The van der Waals surface area contributed by atoms with Gasteiger partial charge in [0.2, 0.25) is 11.8 Å². The molecule has 1 unspecified atom stereocenters. The number of nitrogens with one attached hydrogen (secondary N) is 1. The van der Waals surface area contributed by atoms with Gasteiger partial charge in [-0.3, -0.25) is 19.4 Å². The molecule has 1 aliphatic carbocycles. The molecule has 1 aliphatic heterocycles. The first kappa shape index (κ1) is 28.5. The lowest BCUT2D eigenvalue weighted by Crippen LogP contribution is -2.53. The first-order valence-corrected chi connectivity index (χ1v) is 13.9. The van der Waals surface area contributed by atoms with E-state index in [2.05, 4.69) is 5.32 Å². The monoisotopic (exact) mass is 538 g/mol. The normalized spacial score (nSPS) is 17.4. The fraction of sp³-hybridized carbons (Fsp3) is 0.500. The summed E-state index contributed by atoms with van der Waals surface area (Å²) in [5.41, 5.74) is 1.91. The smallest absolute Gasteiger partial charge is 0.409 e. The molecule has 0 radical (unpaired) electrons. The molecule has 0 spiro atoms. The molecule has 9 heteroatoms. The van der Waals surface area contributed by atoms with Gasteiger partial charge < -0.3 is 15.0 Å². The minimum Gasteiger partial charge on any atom is -0.450 e. The molecule has 1 atom stereocenters. The quantitative estimate of drug-likeness (QED) is 0.538. The summed E-state index contributed by atoms with van der Waals surface area (Å²) in [6, 6.07) is 12.5. The Labute approximate surface area is 230 Å². The van der Waals surface area contributed by atoms with Gasteiger partial charge in [-0.05, 0) is 56.0 Å². The predicted octanol–water partition coefficient (Wildman–Crippen LogP) is 4.43. The van der Waals surface area contributed by atoms with Crippen LogP contribution in [-0.4, -0.2) is 73.1 Å². The molecule has 1 heterocycles. The molecule has 1 saturated carbocycles. The number of halogens is 1.